The largest absolute Gasteiger partial charge is 0.481 e. The maximum Gasteiger partial charge on any atom is 0.329 e. The number of ether oxygens (including phenoxy) is 1. The average Bonchev–Trinajstić information content (AvgIpc) is 2.51. The van der Waals surface area contributed by atoms with Crippen LogP contribution < -0.4 is 0 Å². The summed E-state index contributed by atoms with van der Waals surface area (Å²) < 4.78 is 4.30. The first-order valence-corrected chi connectivity index (χ1v) is 5.03. The van der Waals surface area contributed by atoms with Crippen molar-refractivity contribution in [2.75, 3.05) is 0 Å². The average molecular weight is 254 g/mol. The van der Waals surface area contributed by atoms with Crippen LogP contribution in [0.4, 0.5) is 0 Å². The zero-order valence-corrected chi connectivity index (χ0v) is 9.16. The molecule has 7 nitrogen and oxygen atoms in total. The minimum atomic E-state index is -1.36. The van der Waals surface area contributed by atoms with Crippen molar-refractivity contribution in [2.24, 2.45) is 17.8 Å². The van der Waals surface area contributed by atoms with Crippen LogP contribution in [-0.4, -0.2) is 34.1 Å². The van der Waals surface area contributed by atoms with Crippen LogP contribution in [0.5, 0.6) is 0 Å². The van der Waals surface area contributed by atoms with E-state index < -0.39 is 48.1 Å². The number of carboxylic acid groups (broad SMARTS) is 2. The summed E-state index contributed by atoms with van der Waals surface area (Å²) in [5.41, 5.74) is 0. The summed E-state index contributed by atoms with van der Waals surface area (Å²) >= 11 is 0. The van der Waals surface area contributed by atoms with E-state index in [0.717, 1.165) is 0 Å². The van der Waals surface area contributed by atoms with Crippen LogP contribution in [-0.2, 0) is 23.9 Å². The summed E-state index contributed by atoms with van der Waals surface area (Å²) in [5.74, 6) is -5.94. The molecule has 1 saturated heterocycles. The molecule has 7 heteroatoms. The highest BCUT2D eigenvalue weighted by Crippen LogP contribution is 2.30. The monoisotopic (exact) mass is 254 g/mol. The van der Waals surface area contributed by atoms with E-state index in [1.54, 1.807) is 0 Å². The fraction of sp³-hybridized carbons (Fsp3) is 0.455. The number of esters is 2. The summed E-state index contributed by atoms with van der Waals surface area (Å²) in [6.07, 6.45) is 4.08. The van der Waals surface area contributed by atoms with Gasteiger partial charge in [-0.25, -0.2) is 0 Å². The first kappa shape index (κ1) is 13.7. The Morgan fingerprint density at radius 3 is 2.39 bits per heavy atom. The van der Waals surface area contributed by atoms with Crippen LogP contribution in [0.3, 0.4) is 0 Å². The van der Waals surface area contributed by atoms with Crippen molar-refractivity contribution in [1.82, 2.24) is 0 Å². The van der Waals surface area contributed by atoms with Gasteiger partial charge in [0.15, 0.2) is 0 Å². The van der Waals surface area contributed by atoms with Crippen molar-refractivity contribution >= 4 is 23.9 Å². The van der Waals surface area contributed by atoms with Gasteiger partial charge in [-0.2, -0.15) is 0 Å². The minimum absolute atomic E-state index is 0.332. The molecular weight excluding hydrogens is 244 g/mol. The third kappa shape index (κ3) is 2.85. The molecule has 2 N–H and O–H groups in total. The lowest BCUT2D eigenvalue weighted by atomic mass is 9.85. The second-order valence-corrected chi connectivity index (χ2v) is 3.86. The highest BCUT2D eigenvalue weighted by Gasteiger charge is 2.45. The van der Waals surface area contributed by atoms with Crippen LogP contribution in [0, 0.1) is 30.1 Å². The fourth-order valence-electron chi connectivity index (χ4n) is 1.74. The van der Waals surface area contributed by atoms with Gasteiger partial charge in [0.2, 0.25) is 0 Å². The van der Waals surface area contributed by atoms with E-state index in [0.29, 0.717) is 0 Å². The molecule has 18 heavy (non-hydrogen) atoms. The predicted octanol–water partition coefficient (Wildman–Crippen LogP) is -0.499. The molecule has 3 unspecified atom stereocenters. The molecule has 1 rings (SSSR count). The predicted molar refractivity (Wildman–Crippen MR) is 54.9 cm³/mol. The quantitative estimate of drug-likeness (QED) is 0.385. The molecule has 1 aliphatic heterocycles. The number of cyclic esters (lactones) is 2. The van der Waals surface area contributed by atoms with Gasteiger partial charge in [0.1, 0.15) is 5.92 Å². The summed E-state index contributed by atoms with van der Waals surface area (Å²) in [5, 5.41) is 17.4. The van der Waals surface area contributed by atoms with Crippen LogP contribution in [0.25, 0.3) is 0 Å². The van der Waals surface area contributed by atoms with Gasteiger partial charge in [-0.05, 0) is 6.42 Å². The number of carbonyl (C=O) groups excluding carboxylic acids is 2. The van der Waals surface area contributed by atoms with Gasteiger partial charge in [-0.15, -0.1) is 6.42 Å². The summed E-state index contributed by atoms with van der Waals surface area (Å²) in [4.78, 5) is 43.8. The lowest BCUT2D eigenvalue weighted by Crippen LogP contribution is -2.26. The van der Waals surface area contributed by atoms with Crippen molar-refractivity contribution in [3.63, 3.8) is 0 Å². The maximum atomic E-state index is 11.3. The highest BCUT2D eigenvalue weighted by atomic mass is 16.6. The SMILES string of the molecule is C#CC1C(=O)OC(=O)C1CC(CC(=O)O)C(=O)O. The first-order valence-electron chi connectivity index (χ1n) is 5.03. The molecule has 0 bridgehead atoms. The number of aliphatic carboxylic acids is 2. The Morgan fingerprint density at radius 2 is 1.94 bits per heavy atom. The van der Waals surface area contributed by atoms with Crippen LogP contribution in [0.15, 0.2) is 0 Å². The molecule has 0 saturated carbocycles. The second kappa shape index (κ2) is 5.31. The van der Waals surface area contributed by atoms with Crippen molar-refractivity contribution < 1.29 is 34.1 Å². The number of carboxylic acids is 2. The molecule has 0 aromatic heterocycles. The number of hydrogen-bond donors (Lipinski definition) is 2. The Hall–Kier alpha value is -2.36. The molecule has 0 radical (unpaired) electrons. The van der Waals surface area contributed by atoms with Crippen LogP contribution in [0.2, 0.25) is 0 Å². The van der Waals surface area contributed by atoms with Gasteiger partial charge in [0.05, 0.1) is 18.3 Å². The topological polar surface area (TPSA) is 118 Å². The van der Waals surface area contributed by atoms with Crippen molar-refractivity contribution in [3.8, 4) is 12.3 Å². The smallest absolute Gasteiger partial charge is 0.329 e. The molecule has 0 aromatic rings. The summed E-state index contributed by atoms with van der Waals surface area (Å²) in [6.45, 7) is 0. The van der Waals surface area contributed by atoms with Crippen LogP contribution in [0.1, 0.15) is 12.8 Å². The van der Waals surface area contributed by atoms with Gasteiger partial charge in [0, 0.05) is 0 Å². The summed E-state index contributed by atoms with van der Waals surface area (Å²) in [6, 6.07) is 0. The normalized spacial score (nSPS) is 24.2. The van der Waals surface area contributed by atoms with E-state index in [1.165, 1.54) is 0 Å². The highest BCUT2D eigenvalue weighted by molar-refractivity contribution is 5.98. The molecule has 0 amide bonds. The Morgan fingerprint density at radius 1 is 1.33 bits per heavy atom. The van der Waals surface area contributed by atoms with Crippen molar-refractivity contribution in [1.29, 1.82) is 0 Å². The molecule has 0 spiro atoms. The Bertz CT molecular complexity index is 445. The van der Waals surface area contributed by atoms with Gasteiger partial charge < -0.3 is 14.9 Å². The molecule has 3 atom stereocenters. The molecule has 0 aromatic carbocycles. The summed E-state index contributed by atoms with van der Waals surface area (Å²) in [7, 11) is 0. The van der Waals surface area contributed by atoms with Gasteiger partial charge in [-0.3, -0.25) is 19.2 Å². The van der Waals surface area contributed by atoms with E-state index in [9.17, 15) is 19.2 Å². The van der Waals surface area contributed by atoms with Crippen molar-refractivity contribution in [3.05, 3.63) is 0 Å². The molecule has 96 valence electrons. The standard InChI is InChI=1S/C11H10O7/c1-2-6-7(11(17)18-10(6)16)3-5(9(14)15)4-8(12)13/h1,5-7H,3-4H2,(H,12,13)(H,14,15). The van der Waals surface area contributed by atoms with Gasteiger partial charge in [0.25, 0.3) is 0 Å². The van der Waals surface area contributed by atoms with E-state index in [2.05, 4.69) is 10.7 Å². The number of carbonyl (C=O) groups is 4. The zero-order chi connectivity index (χ0) is 13.9. The van der Waals surface area contributed by atoms with Gasteiger partial charge >= 0.3 is 23.9 Å². The fourth-order valence-corrected chi connectivity index (χ4v) is 1.74. The lowest BCUT2D eigenvalue weighted by Gasteiger charge is -2.14. The third-order valence-corrected chi connectivity index (χ3v) is 2.65. The van der Waals surface area contributed by atoms with E-state index in [4.69, 9.17) is 16.6 Å². The third-order valence-electron chi connectivity index (χ3n) is 2.65. The minimum Gasteiger partial charge on any atom is -0.481 e. The molecule has 0 aliphatic carbocycles. The molecule has 1 fully saturated rings. The molecule has 1 aliphatic rings. The number of hydrogen-bond acceptors (Lipinski definition) is 5. The van der Waals surface area contributed by atoms with E-state index in [1.807, 2.05) is 0 Å². The first-order chi connectivity index (χ1) is 8.36. The van der Waals surface area contributed by atoms with E-state index in [-0.39, 0.29) is 6.42 Å². The Balaban J connectivity index is 2.83. The zero-order valence-electron chi connectivity index (χ0n) is 9.16. The number of rotatable bonds is 5. The lowest BCUT2D eigenvalue weighted by molar-refractivity contribution is -0.154. The van der Waals surface area contributed by atoms with Crippen molar-refractivity contribution in [2.45, 2.75) is 12.8 Å². The molecule has 1 heterocycles. The second-order valence-electron chi connectivity index (χ2n) is 3.86. The Kier molecular flexibility index (Phi) is 4.05. The number of terminal acetylenes is 1. The van der Waals surface area contributed by atoms with Gasteiger partial charge in [-0.1, -0.05) is 5.92 Å². The van der Waals surface area contributed by atoms with E-state index >= 15 is 0 Å². The van der Waals surface area contributed by atoms with Crippen LogP contribution >= 0.6 is 0 Å². The maximum absolute atomic E-state index is 11.3. The Labute approximate surface area is 102 Å². The molecular formula is C11H10O7.